The molecule has 1 amide bonds. The summed E-state index contributed by atoms with van der Waals surface area (Å²) in [7, 11) is 1.71. The SMILES string of the molecule is Cc1cc(/C=C2/SC(=Nc3ccc(Cl)cc3)N(C)C2=O)cc(C)c1O. The van der Waals surface area contributed by atoms with Crippen molar-refractivity contribution in [1.82, 2.24) is 4.90 Å². The van der Waals surface area contributed by atoms with Gasteiger partial charge in [0, 0.05) is 12.1 Å². The fourth-order valence-electron chi connectivity index (χ4n) is 2.50. The second kappa shape index (κ2) is 6.94. The van der Waals surface area contributed by atoms with Crippen LogP contribution >= 0.6 is 23.4 Å². The van der Waals surface area contributed by atoms with Crippen molar-refractivity contribution in [2.24, 2.45) is 4.99 Å². The molecule has 0 saturated carbocycles. The maximum atomic E-state index is 12.5. The van der Waals surface area contributed by atoms with Crippen molar-refractivity contribution < 1.29 is 9.90 Å². The van der Waals surface area contributed by atoms with E-state index in [-0.39, 0.29) is 11.7 Å². The molecule has 2 aromatic rings. The number of rotatable bonds is 2. The highest BCUT2D eigenvalue weighted by atomic mass is 35.5. The number of carbonyl (C=O) groups excluding carboxylic acids is 1. The van der Waals surface area contributed by atoms with Gasteiger partial charge in [0.05, 0.1) is 10.6 Å². The number of aryl methyl sites for hydroxylation is 2. The van der Waals surface area contributed by atoms with E-state index in [1.807, 2.05) is 44.2 Å². The van der Waals surface area contributed by atoms with E-state index in [0.29, 0.717) is 15.1 Å². The first-order valence-electron chi connectivity index (χ1n) is 7.67. The van der Waals surface area contributed by atoms with Crippen LogP contribution in [0.4, 0.5) is 5.69 Å². The standard InChI is InChI=1S/C19H17ClN2O2S/c1-11-8-13(9-12(2)17(11)23)10-16-18(24)22(3)19(25-16)21-15-6-4-14(20)5-7-15/h4-10,23H,1-3H3/b16-10+,21-19?. The molecule has 0 aliphatic carbocycles. The van der Waals surface area contributed by atoms with Crippen molar-refractivity contribution >= 4 is 46.2 Å². The van der Waals surface area contributed by atoms with Crippen molar-refractivity contribution in [2.75, 3.05) is 7.05 Å². The molecule has 2 aromatic carbocycles. The third-order valence-corrected chi connectivity index (χ3v) is 5.18. The van der Waals surface area contributed by atoms with Crippen LogP contribution in [-0.4, -0.2) is 28.1 Å². The summed E-state index contributed by atoms with van der Waals surface area (Å²) in [5.41, 5.74) is 3.19. The van der Waals surface area contributed by atoms with Crippen molar-refractivity contribution in [3.8, 4) is 5.75 Å². The number of amides is 1. The van der Waals surface area contributed by atoms with Gasteiger partial charge in [-0.1, -0.05) is 11.6 Å². The van der Waals surface area contributed by atoms with Gasteiger partial charge in [0.25, 0.3) is 5.91 Å². The molecule has 25 heavy (non-hydrogen) atoms. The molecule has 1 aliphatic rings. The molecule has 1 fully saturated rings. The first-order valence-corrected chi connectivity index (χ1v) is 8.86. The Hall–Kier alpha value is -2.24. The lowest BCUT2D eigenvalue weighted by Crippen LogP contribution is -2.23. The average Bonchev–Trinajstić information content (AvgIpc) is 2.83. The molecular formula is C19H17ClN2O2S. The van der Waals surface area contributed by atoms with Gasteiger partial charge in [-0.15, -0.1) is 0 Å². The van der Waals surface area contributed by atoms with Gasteiger partial charge in [-0.25, -0.2) is 4.99 Å². The molecular weight excluding hydrogens is 356 g/mol. The summed E-state index contributed by atoms with van der Waals surface area (Å²) < 4.78 is 0. The molecule has 0 aromatic heterocycles. The van der Waals surface area contributed by atoms with Gasteiger partial charge < -0.3 is 5.11 Å². The number of carbonyl (C=O) groups is 1. The van der Waals surface area contributed by atoms with E-state index in [2.05, 4.69) is 4.99 Å². The number of phenolic OH excluding ortho intramolecular Hbond substituents is 1. The van der Waals surface area contributed by atoms with Crippen LogP contribution in [0.5, 0.6) is 5.75 Å². The Morgan fingerprint density at radius 1 is 1.16 bits per heavy atom. The minimum atomic E-state index is -0.0962. The maximum absolute atomic E-state index is 12.5. The molecule has 4 nitrogen and oxygen atoms in total. The van der Waals surface area contributed by atoms with Crippen molar-refractivity contribution in [3.05, 3.63) is 63.0 Å². The third-order valence-electron chi connectivity index (χ3n) is 3.87. The van der Waals surface area contributed by atoms with E-state index in [1.165, 1.54) is 16.7 Å². The Morgan fingerprint density at radius 2 is 1.76 bits per heavy atom. The van der Waals surface area contributed by atoms with Crippen LogP contribution in [0.25, 0.3) is 6.08 Å². The molecule has 3 rings (SSSR count). The van der Waals surface area contributed by atoms with Crippen LogP contribution in [-0.2, 0) is 4.79 Å². The number of likely N-dealkylation sites (N-methyl/N-ethyl adjacent to an activating group) is 1. The molecule has 128 valence electrons. The number of aromatic hydroxyl groups is 1. The molecule has 1 aliphatic heterocycles. The van der Waals surface area contributed by atoms with E-state index in [0.717, 1.165) is 22.4 Å². The highest BCUT2D eigenvalue weighted by Crippen LogP contribution is 2.34. The lowest BCUT2D eigenvalue weighted by atomic mass is 10.1. The summed E-state index contributed by atoms with van der Waals surface area (Å²) in [4.78, 5) is 19.1. The van der Waals surface area contributed by atoms with E-state index in [1.54, 1.807) is 19.2 Å². The molecule has 1 heterocycles. The Kier molecular flexibility index (Phi) is 4.88. The number of nitrogens with zero attached hydrogens (tertiary/aromatic N) is 2. The number of thioether (sulfide) groups is 1. The van der Waals surface area contributed by atoms with Crippen LogP contribution in [0.1, 0.15) is 16.7 Å². The van der Waals surface area contributed by atoms with Gasteiger partial charge in [-0.3, -0.25) is 9.69 Å². The number of halogens is 1. The number of amidine groups is 1. The van der Waals surface area contributed by atoms with Crippen LogP contribution in [0.3, 0.4) is 0 Å². The number of benzene rings is 2. The topological polar surface area (TPSA) is 52.9 Å². The Morgan fingerprint density at radius 3 is 2.36 bits per heavy atom. The normalized spacial score (nSPS) is 17.8. The fraction of sp³-hybridized carbons (Fsp3) is 0.158. The van der Waals surface area contributed by atoms with E-state index >= 15 is 0 Å². The molecule has 0 spiro atoms. The fourth-order valence-corrected chi connectivity index (χ4v) is 3.61. The lowest BCUT2D eigenvalue weighted by molar-refractivity contribution is -0.121. The Labute approximate surface area is 155 Å². The van der Waals surface area contributed by atoms with E-state index in [9.17, 15) is 9.90 Å². The van der Waals surface area contributed by atoms with Crippen LogP contribution in [0.15, 0.2) is 46.3 Å². The van der Waals surface area contributed by atoms with E-state index < -0.39 is 0 Å². The minimum absolute atomic E-state index is 0.0962. The van der Waals surface area contributed by atoms with Crippen LogP contribution in [0, 0.1) is 13.8 Å². The third kappa shape index (κ3) is 3.72. The van der Waals surface area contributed by atoms with Gasteiger partial charge in [0.1, 0.15) is 5.75 Å². The smallest absolute Gasteiger partial charge is 0.266 e. The zero-order chi connectivity index (χ0) is 18.1. The Balaban J connectivity index is 1.92. The number of aliphatic imine (C=N–C) groups is 1. The maximum Gasteiger partial charge on any atom is 0.266 e. The largest absolute Gasteiger partial charge is 0.507 e. The highest BCUT2D eigenvalue weighted by molar-refractivity contribution is 8.18. The van der Waals surface area contributed by atoms with Crippen molar-refractivity contribution in [2.45, 2.75) is 13.8 Å². The first kappa shape index (κ1) is 17.6. The second-order valence-corrected chi connectivity index (χ2v) is 7.29. The average molecular weight is 373 g/mol. The van der Waals surface area contributed by atoms with Gasteiger partial charge >= 0.3 is 0 Å². The molecule has 0 atom stereocenters. The number of phenols is 1. The van der Waals surface area contributed by atoms with Gasteiger partial charge in [0.15, 0.2) is 5.17 Å². The van der Waals surface area contributed by atoms with Crippen molar-refractivity contribution in [3.63, 3.8) is 0 Å². The summed E-state index contributed by atoms with van der Waals surface area (Å²) in [6.07, 6.45) is 1.83. The number of hydrogen-bond donors (Lipinski definition) is 1. The first-order chi connectivity index (χ1) is 11.8. The van der Waals surface area contributed by atoms with Crippen LogP contribution in [0.2, 0.25) is 5.02 Å². The molecule has 0 bridgehead atoms. The summed E-state index contributed by atoms with van der Waals surface area (Å²) >= 11 is 7.21. The number of hydrogen-bond acceptors (Lipinski definition) is 4. The van der Waals surface area contributed by atoms with Gasteiger partial charge in [-0.2, -0.15) is 0 Å². The summed E-state index contributed by atoms with van der Waals surface area (Å²) in [5.74, 6) is 0.191. The monoisotopic (exact) mass is 372 g/mol. The molecule has 1 N–H and O–H groups in total. The second-order valence-electron chi connectivity index (χ2n) is 5.85. The molecule has 0 unspecified atom stereocenters. The zero-order valence-electron chi connectivity index (χ0n) is 14.1. The summed E-state index contributed by atoms with van der Waals surface area (Å²) in [6, 6.07) is 10.9. The van der Waals surface area contributed by atoms with Crippen LogP contribution < -0.4 is 0 Å². The minimum Gasteiger partial charge on any atom is -0.507 e. The summed E-state index contributed by atoms with van der Waals surface area (Å²) in [5, 5.41) is 11.1. The van der Waals surface area contributed by atoms with Gasteiger partial charge in [-0.05, 0) is 84.8 Å². The Bertz CT molecular complexity index is 881. The zero-order valence-corrected chi connectivity index (χ0v) is 15.6. The molecule has 6 heteroatoms. The van der Waals surface area contributed by atoms with Crippen molar-refractivity contribution in [1.29, 1.82) is 0 Å². The summed E-state index contributed by atoms with van der Waals surface area (Å²) in [6.45, 7) is 3.68. The van der Waals surface area contributed by atoms with Gasteiger partial charge in [0.2, 0.25) is 0 Å². The predicted molar refractivity (Wildman–Crippen MR) is 104 cm³/mol. The lowest BCUT2D eigenvalue weighted by Gasteiger charge is -2.07. The molecule has 1 saturated heterocycles. The quantitative estimate of drug-likeness (QED) is 0.763. The molecule has 0 radical (unpaired) electrons. The van der Waals surface area contributed by atoms with E-state index in [4.69, 9.17) is 11.6 Å². The predicted octanol–water partition coefficient (Wildman–Crippen LogP) is 4.90. The highest BCUT2D eigenvalue weighted by Gasteiger charge is 2.30.